The van der Waals surface area contributed by atoms with Gasteiger partial charge in [0.1, 0.15) is 11.6 Å². The summed E-state index contributed by atoms with van der Waals surface area (Å²) >= 11 is 0. The zero-order chi connectivity index (χ0) is 17.4. The third kappa shape index (κ3) is 2.95. The second kappa shape index (κ2) is 6.19. The highest BCUT2D eigenvalue weighted by Crippen LogP contribution is 2.12. The maximum atomic E-state index is 12.5. The predicted octanol–water partition coefficient (Wildman–Crippen LogP) is 0.476. The van der Waals surface area contributed by atoms with Gasteiger partial charge in [-0.3, -0.25) is 9.36 Å². The minimum atomic E-state index is -0.119. The number of para-hydroxylation sites is 2. The summed E-state index contributed by atoms with van der Waals surface area (Å²) < 4.78 is 3.01. The van der Waals surface area contributed by atoms with Crippen LogP contribution in [0.4, 0.5) is 0 Å². The van der Waals surface area contributed by atoms with E-state index in [0.717, 1.165) is 22.7 Å². The lowest BCUT2D eigenvalue weighted by Gasteiger charge is -2.19. The number of nitrogens with zero attached hydrogens (tertiary/aromatic N) is 5. The number of hydrogen-bond donors (Lipinski definition) is 1. The number of rotatable bonds is 3. The molecule has 0 saturated carbocycles. The van der Waals surface area contributed by atoms with Gasteiger partial charge >= 0.3 is 5.69 Å². The summed E-state index contributed by atoms with van der Waals surface area (Å²) in [5.74, 6) is 1.66. The summed E-state index contributed by atoms with van der Waals surface area (Å²) in [4.78, 5) is 34.1. The normalized spacial score (nSPS) is 14.5. The predicted molar refractivity (Wildman–Crippen MR) is 92.2 cm³/mol. The molecule has 0 unspecified atom stereocenters. The first-order chi connectivity index (χ1) is 12.1. The lowest BCUT2D eigenvalue weighted by Crippen LogP contribution is -2.35. The van der Waals surface area contributed by atoms with Crippen molar-refractivity contribution >= 4 is 16.9 Å². The molecular weight excluding hydrogens is 320 g/mol. The molecule has 8 heteroatoms. The highest BCUT2D eigenvalue weighted by molar-refractivity contribution is 5.77. The third-order valence-corrected chi connectivity index (χ3v) is 4.65. The van der Waals surface area contributed by atoms with Crippen molar-refractivity contribution in [2.24, 2.45) is 7.05 Å². The topological polar surface area (TPSA) is 88.8 Å². The highest BCUT2D eigenvalue weighted by Gasteiger charge is 2.21. The monoisotopic (exact) mass is 340 g/mol. The minimum absolute atomic E-state index is 0.0861. The number of nitrogens with one attached hydrogen (secondary N) is 1. The number of benzene rings is 1. The van der Waals surface area contributed by atoms with E-state index in [0.29, 0.717) is 38.9 Å². The maximum Gasteiger partial charge on any atom is 0.345 e. The first kappa shape index (κ1) is 15.6. The molecule has 3 aromatic rings. The Morgan fingerprint density at radius 3 is 2.92 bits per heavy atom. The molecule has 3 heterocycles. The van der Waals surface area contributed by atoms with Crippen LogP contribution >= 0.6 is 0 Å². The molecule has 2 aromatic heterocycles. The molecule has 8 nitrogen and oxygen atoms in total. The smallest absolute Gasteiger partial charge is 0.342 e. The fourth-order valence-electron chi connectivity index (χ4n) is 3.29. The van der Waals surface area contributed by atoms with Crippen LogP contribution in [0.25, 0.3) is 11.0 Å². The molecule has 1 amide bonds. The van der Waals surface area contributed by atoms with E-state index >= 15 is 0 Å². The van der Waals surface area contributed by atoms with Crippen molar-refractivity contribution in [2.75, 3.05) is 13.1 Å². The van der Waals surface area contributed by atoms with Gasteiger partial charge in [-0.2, -0.15) is 5.10 Å². The molecule has 1 aliphatic heterocycles. The number of imidazole rings is 1. The van der Waals surface area contributed by atoms with Gasteiger partial charge in [0.05, 0.1) is 11.0 Å². The molecule has 0 bridgehead atoms. The number of hydrogen-bond acceptors (Lipinski definition) is 4. The molecule has 0 aliphatic carbocycles. The zero-order valence-electron chi connectivity index (χ0n) is 14.1. The van der Waals surface area contributed by atoms with Crippen LogP contribution in [0.5, 0.6) is 0 Å². The summed E-state index contributed by atoms with van der Waals surface area (Å²) in [6.45, 7) is 1.63. The molecule has 1 aromatic carbocycles. The van der Waals surface area contributed by atoms with Crippen LogP contribution in [0.2, 0.25) is 0 Å². The van der Waals surface area contributed by atoms with Gasteiger partial charge in [0.2, 0.25) is 5.91 Å². The lowest BCUT2D eigenvalue weighted by molar-refractivity contribution is -0.131. The average Bonchev–Trinajstić information content (AvgIpc) is 3.06. The number of aryl methyl sites for hydroxylation is 2. The molecule has 25 heavy (non-hydrogen) atoms. The largest absolute Gasteiger partial charge is 0.345 e. The molecule has 0 saturated heterocycles. The Morgan fingerprint density at radius 2 is 2.08 bits per heavy atom. The molecule has 0 radical (unpaired) electrons. The van der Waals surface area contributed by atoms with Crippen molar-refractivity contribution in [2.45, 2.75) is 25.8 Å². The van der Waals surface area contributed by atoms with Gasteiger partial charge in [-0.1, -0.05) is 12.1 Å². The van der Waals surface area contributed by atoms with Crippen LogP contribution in [0.3, 0.4) is 0 Å². The van der Waals surface area contributed by atoms with E-state index in [4.69, 9.17) is 0 Å². The van der Waals surface area contributed by atoms with Crippen LogP contribution in [0.1, 0.15) is 18.1 Å². The van der Waals surface area contributed by atoms with E-state index in [-0.39, 0.29) is 11.6 Å². The van der Waals surface area contributed by atoms with Gasteiger partial charge in [0.15, 0.2) is 0 Å². The Labute approximate surface area is 144 Å². The first-order valence-corrected chi connectivity index (χ1v) is 8.46. The van der Waals surface area contributed by atoms with Crippen LogP contribution < -0.4 is 5.69 Å². The van der Waals surface area contributed by atoms with Crippen molar-refractivity contribution in [1.82, 2.24) is 29.2 Å². The van der Waals surface area contributed by atoms with Gasteiger partial charge in [0, 0.05) is 45.9 Å². The summed E-state index contributed by atoms with van der Waals surface area (Å²) in [5.41, 5.74) is 1.79. The summed E-state index contributed by atoms with van der Waals surface area (Å²) in [5, 5.41) is 4.24. The molecule has 1 aliphatic rings. The second-order valence-corrected chi connectivity index (χ2v) is 6.31. The van der Waals surface area contributed by atoms with Crippen LogP contribution in [-0.4, -0.2) is 48.2 Å². The molecular formula is C17H20N6O2. The lowest BCUT2D eigenvalue weighted by atomic mass is 10.2. The van der Waals surface area contributed by atoms with E-state index in [1.165, 1.54) is 4.68 Å². The average molecular weight is 340 g/mol. The molecule has 4 rings (SSSR count). The Hall–Kier alpha value is -2.90. The molecule has 1 N–H and O–H groups in total. The van der Waals surface area contributed by atoms with Crippen molar-refractivity contribution in [3.8, 4) is 0 Å². The van der Waals surface area contributed by atoms with Crippen molar-refractivity contribution in [3.05, 3.63) is 46.4 Å². The van der Waals surface area contributed by atoms with Crippen LogP contribution in [-0.2, 0) is 31.2 Å². The van der Waals surface area contributed by atoms with Gasteiger partial charge in [0.25, 0.3) is 0 Å². The Balaban J connectivity index is 1.39. The van der Waals surface area contributed by atoms with Crippen LogP contribution in [0, 0.1) is 0 Å². The number of aromatic amines is 1. The standard InChI is InChI=1S/C17H20N6O2/c1-21-17(25)23-11-10-22(9-8-15(23)20-21)16(24)7-6-14-18-12-4-2-3-5-13(12)19-14/h2-5H,6-11H2,1H3,(H,18,19). The van der Waals surface area contributed by atoms with Crippen LogP contribution in [0.15, 0.2) is 29.1 Å². The maximum absolute atomic E-state index is 12.5. The fourth-order valence-corrected chi connectivity index (χ4v) is 3.29. The van der Waals surface area contributed by atoms with Gasteiger partial charge in [-0.15, -0.1) is 0 Å². The summed E-state index contributed by atoms with van der Waals surface area (Å²) in [7, 11) is 1.65. The zero-order valence-corrected chi connectivity index (χ0v) is 14.1. The Morgan fingerprint density at radius 1 is 1.24 bits per heavy atom. The van der Waals surface area contributed by atoms with E-state index in [9.17, 15) is 9.59 Å². The quantitative estimate of drug-likeness (QED) is 0.751. The number of carbonyl (C=O) groups is 1. The highest BCUT2D eigenvalue weighted by atomic mass is 16.2. The Kier molecular flexibility index (Phi) is 3.87. The van der Waals surface area contributed by atoms with Gasteiger partial charge in [-0.25, -0.2) is 14.5 Å². The molecule has 130 valence electrons. The SMILES string of the molecule is Cn1nc2n(c1=O)CCN(C(=O)CCc1nc3ccccc3[nH]1)CC2. The van der Waals surface area contributed by atoms with E-state index < -0.39 is 0 Å². The van der Waals surface area contributed by atoms with Crippen molar-refractivity contribution in [3.63, 3.8) is 0 Å². The van der Waals surface area contributed by atoms with Crippen molar-refractivity contribution < 1.29 is 4.79 Å². The minimum Gasteiger partial charge on any atom is -0.342 e. The number of amides is 1. The summed E-state index contributed by atoms with van der Waals surface area (Å²) in [6, 6.07) is 7.83. The number of carbonyl (C=O) groups excluding carboxylic acids is 1. The summed E-state index contributed by atoms with van der Waals surface area (Å²) in [6.07, 6.45) is 1.59. The third-order valence-electron chi connectivity index (χ3n) is 4.65. The van der Waals surface area contributed by atoms with E-state index in [1.54, 1.807) is 11.6 Å². The molecule has 0 fully saturated rings. The number of fused-ring (bicyclic) bond motifs is 2. The van der Waals surface area contributed by atoms with Gasteiger partial charge in [-0.05, 0) is 12.1 Å². The van der Waals surface area contributed by atoms with Gasteiger partial charge < -0.3 is 9.88 Å². The molecule has 0 atom stereocenters. The Bertz CT molecular complexity index is 950. The van der Waals surface area contributed by atoms with E-state index in [2.05, 4.69) is 15.1 Å². The number of aromatic nitrogens is 5. The van der Waals surface area contributed by atoms with E-state index in [1.807, 2.05) is 29.2 Å². The van der Waals surface area contributed by atoms with Crippen molar-refractivity contribution in [1.29, 1.82) is 0 Å². The molecule has 0 spiro atoms. The first-order valence-electron chi connectivity index (χ1n) is 8.46. The fraction of sp³-hybridized carbons (Fsp3) is 0.412. The number of H-pyrrole nitrogens is 1. The second-order valence-electron chi connectivity index (χ2n) is 6.31.